The zero-order valence-corrected chi connectivity index (χ0v) is 10.7. The summed E-state index contributed by atoms with van der Waals surface area (Å²) < 4.78 is 13.9. The Morgan fingerprint density at radius 3 is 2.94 bits per heavy atom. The van der Waals surface area contributed by atoms with Crippen molar-refractivity contribution < 1.29 is 4.39 Å². The van der Waals surface area contributed by atoms with Crippen LogP contribution in [0.15, 0.2) is 18.2 Å². The van der Waals surface area contributed by atoms with Crippen LogP contribution in [-0.2, 0) is 6.54 Å². The van der Waals surface area contributed by atoms with Gasteiger partial charge in [-0.25, -0.2) is 4.39 Å². The van der Waals surface area contributed by atoms with Gasteiger partial charge < -0.3 is 5.73 Å². The summed E-state index contributed by atoms with van der Waals surface area (Å²) in [6.07, 6.45) is 2.42. The van der Waals surface area contributed by atoms with Gasteiger partial charge in [0.15, 0.2) is 0 Å². The fourth-order valence-corrected chi connectivity index (χ4v) is 2.35. The Labute approximate surface area is 108 Å². The molecule has 0 bridgehead atoms. The van der Waals surface area contributed by atoms with E-state index in [0.29, 0.717) is 24.7 Å². The molecule has 2 N–H and O–H groups in total. The molecule has 1 aromatic carbocycles. The first-order valence-corrected chi connectivity index (χ1v) is 6.42. The molecule has 0 aromatic heterocycles. The molecule has 0 amide bonds. The molecule has 2 rings (SSSR count). The van der Waals surface area contributed by atoms with Crippen LogP contribution in [0.3, 0.4) is 0 Å². The monoisotopic (exact) mass is 246 g/mol. The van der Waals surface area contributed by atoms with Crippen molar-refractivity contribution in [3.8, 4) is 11.8 Å². The molecule has 1 saturated heterocycles. The van der Waals surface area contributed by atoms with Gasteiger partial charge >= 0.3 is 0 Å². The van der Waals surface area contributed by atoms with Crippen molar-refractivity contribution in [2.75, 3.05) is 13.1 Å². The predicted octanol–water partition coefficient (Wildman–Crippen LogP) is 2.12. The van der Waals surface area contributed by atoms with E-state index in [-0.39, 0.29) is 5.82 Å². The van der Waals surface area contributed by atoms with Crippen molar-refractivity contribution in [3.63, 3.8) is 0 Å². The SMILES string of the molecule is CC1CCCN1Cc1ccc(C#CCN)cc1F. The zero-order chi connectivity index (χ0) is 13.0. The fraction of sp³-hybridized carbons (Fsp3) is 0.467. The van der Waals surface area contributed by atoms with Gasteiger partial charge in [-0.05, 0) is 38.4 Å². The summed E-state index contributed by atoms with van der Waals surface area (Å²) >= 11 is 0. The third-order valence-corrected chi connectivity index (χ3v) is 3.45. The van der Waals surface area contributed by atoms with E-state index in [0.717, 1.165) is 12.1 Å². The minimum atomic E-state index is -0.169. The van der Waals surface area contributed by atoms with Gasteiger partial charge in [0.2, 0.25) is 0 Å². The molecule has 18 heavy (non-hydrogen) atoms. The minimum absolute atomic E-state index is 0.169. The van der Waals surface area contributed by atoms with Gasteiger partial charge in [-0.2, -0.15) is 0 Å². The molecule has 0 spiro atoms. The van der Waals surface area contributed by atoms with E-state index in [1.165, 1.54) is 18.9 Å². The lowest BCUT2D eigenvalue weighted by atomic mass is 10.1. The smallest absolute Gasteiger partial charge is 0.128 e. The lowest BCUT2D eigenvalue weighted by Gasteiger charge is -2.21. The van der Waals surface area contributed by atoms with Gasteiger partial charge in [0, 0.05) is 23.7 Å². The Morgan fingerprint density at radius 1 is 1.50 bits per heavy atom. The molecule has 1 aliphatic rings. The van der Waals surface area contributed by atoms with Crippen molar-refractivity contribution in [1.82, 2.24) is 4.90 Å². The van der Waals surface area contributed by atoms with E-state index < -0.39 is 0 Å². The quantitative estimate of drug-likeness (QED) is 0.810. The third kappa shape index (κ3) is 3.10. The number of nitrogens with zero attached hydrogens (tertiary/aromatic N) is 1. The summed E-state index contributed by atoms with van der Waals surface area (Å²) in [5.74, 6) is 5.41. The maximum absolute atomic E-state index is 13.9. The Hall–Kier alpha value is -1.37. The maximum atomic E-state index is 13.9. The summed E-state index contributed by atoms with van der Waals surface area (Å²) in [6, 6.07) is 5.75. The highest BCUT2D eigenvalue weighted by molar-refractivity contribution is 5.37. The fourth-order valence-electron chi connectivity index (χ4n) is 2.35. The Morgan fingerprint density at radius 2 is 2.33 bits per heavy atom. The van der Waals surface area contributed by atoms with Crippen molar-refractivity contribution in [2.24, 2.45) is 5.73 Å². The highest BCUT2D eigenvalue weighted by Gasteiger charge is 2.21. The molecule has 1 fully saturated rings. The van der Waals surface area contributed by atoms with Crippen LogP contribution in [-0.4, -0.2) is 24.0 Å². The molecule has 0 aliphatic carbocycles. The van der Waals surface area contributed by atoms with Gasteiger partial charge in [0.05, 0.1) is 6.54 Å². The third-order valence-electron chi connectivity index (χ3n) is 3.45. The van der Waals surface area contributed by atoms with Gasteiger partial charge in [-0.3, -0.25) is 4.90 Å². The topological polar surface area (TPSA) is 29.3 Å². The summed E-state index contributed by atoms with van der Waals surface area (Å²) in [4.78, 5) is 2.32. The average molecular weight is 246 g/mol. The first-order valence-electron chi connectivity index (χ1n) is 6.42. The standard InChI is InChI=1S/C15H19FN2/c1-12-4-3-9-18(12)11-14-7-6-13(5-2-8-17)10-15(14)16/h6-7,10,12H,3-4,8-9,11,17H2,1H3. The molecule has 1 aromatic rings. The Balaban J connectivity index is 2.09. The molecule has 1 aliphatic heterocycles. The molecule has 1 atom stereocenters. The van der Waals surface area contributed by atoms with Crippen molar-refractivity contribution >= 4 is 0 Å². The second-order valence-electron chi connectivity index (χ2n) is 4.77. The predicted molar refractivity (Wildman–Crippen MR) is 71.4 cm³/mol. The first kappa shape index (κ1) is 13.1. The lowest BCUT2D eigenvalue weighted by molar-refractivity contribution is 0.256. The van der Waals surface area contributed by atoms with Gasteiger partial charge in [0.1, 0.15) is 5.82 Å². The van der Waals surface area contributed by atoms with E-state index >= 15 is 0 Å². The summed E-state index contributed by atoms with van der Waals surface area (Å²) in [6.45, 7) is 4.26. The number of hydrogen-bond donors (Lipinski definition) is 1. The lowest BCUT2D eigenvalue weighted by Crippen LogP contribution is -2.26. The van der Waals surface area contributed by atoms with E-state index in [1.54, 1.807) is 0 Å². The van der Waals surface area contributed by atoms with Crippen LogP contribution in [0.5, 0.6) is 0 Å². The highest BCUT2D eigenvalue weighted by Crippen LogP contribution is 2.21. The molecule has 1 unspecified atom stereocenters. The van der Waals surface area contributed by atoms with E-state index in [4.69, 9.17) is 5.73 Å². The average Bonchev–Trinajstić information content (AvgIpc) is 2.75. The number of hydrogen-bond acceptors (Lipinski definition) is 2. The number of nitrogens with two attached hydrogens (primary N) is 1. The number of rotatable bonds is 2. The number of likely N-dealkylation sites (tertiary alicyclic amines) is 1. The molecule has 3 heteroatoms. The second kappa shape index (κ2) is 5.99. The van der Waals surface area contributed by atoms with E-state index in [2.05, 4.69) is 23.7 Å². The molecule has 1 heterocycles. The minimum Gasteiger partial charge on any atom is -0.320 e. The molecular formula is C15H19FN2. The summed E-state index contributed by atoms with van der Waals surface area (Å²) in [5, 5.41) is 0. The largest absolute Gasteiger partial charge is 0.320 e. The van der Waals surface area contributed by atoms with Crippen LogP contribution in [0, 0.1) is 17.7 Å². The highest BCUT2D eigenvalue weighted by atomic mass is 19.1. The first-order chi connectivity index (χ1) is 8.70. The maximum Gasteiger partial charge on any atom is 0.128 e. The summed E-state index contributed by atoms with van der Waals surface area (Å²) in [5.41, 5.74) is 6.74. The summed E-state index contributed by atoms with van der Waals surface area (Å²) in [7, 11) is 0. The molecule has 96 valence electrons. The number of halogens is 1. The van der Waals surface area contributed by atoms with Crippen LogP contribution < -0.4 is 5.73 Å². The van der Waals surface area contributed by atoms with Crippen LogP contribution in [0.2, 0.25) is 0 Å². The zero-order valence-electron chi connectivity index (χ0n) is 10.7. The molecule has 0 saturated carbocycles. The number of benzene rings is 1. The van der Waals surface area contributed by atoms with E-state index in [9.17, 15) is 4.39 Å². The van der Waals surface area contributed by atoms with Gasteiger partial charge in [-0.1, -0.05) is 17.9 Å². The van der Waals surface area contributed by atoms with Crippen molar-refractivity contribution in [1.29, 1.82) is 0 Å². The molecule has 0 radical (unpaired) electrons. The van der Waals surface area contributed by atoms with Crippen molar-refractivity contribution in [3.05, 3.63) is 35.1 Å². The molecule has 2 nitrogen and oxygen atoms in total. The Bertz CT molecular complexity index is 473. The van der Waals surface area contributed by atoms with E-state index in [1.807, 2.05) is 12.1 Å². The van der Waals surface area contributed by atoms with Gasteiger partial charge in [0.25, 0.3) is 0 Å². The normalized spacial score (nSPS) is 19.6. The van der Waals surface area contributed by atoms with Crippen LogP contribution >= 0.6 is 0 Å². The van der Waals surface area contributed by atoms with Crippen LogP contribution in [0.1, 0.15) is 30.9 Å². The van der Waals surface area contributed by atoms with Crippen LogP contribution in [0.25, 0.3) is 0 Å². The second-order valence-corrected chi connectivity index (χ2v) is 4.77. The van der Waals surface area contributed by atoms with Crippen LogP contribution in [0.4, 0.5) is 4.39 Å². The van der Waals surface area contributed by atoms with Crippen molar-refractivity contribution in [2.45, 2.75) is 32.4 Å². The Kier molecular flexibility index (Phi) is 4.35. The molecular weight excluding hydrogens is 227 g/mol. The van der Waals surface area contributed by atoms with Gasteiger partial charge in [-0.15, -0.1) is 0 Å².